The fourth-order valence-corrected chi connectivity index (χ4v) is 2.87. The number of likely N-dealkylation sites (tertiary alicyclic amines) is 1. The Morgan fingerprint density at radius 1 is 1.17 bits per heavy atom. The smallest absolute Gasteiger partial charge is 0.239 e. The van der Waals surface area contributed by atoms with Gasteiger partial charge in [0.25, 0.3) is 0 Å². The van der Waals surface area contributed by atoms with Gasteiger partial charge in [0.1, 0.15) is 5.41 Å². The van der Waals surface area contributed by atoms with Crippen molar-refractivity contribution in [3.63, 3.8) is 0 Å². The van der Waals surface area contributed by atoms with Gasteiger partial charge in [0.2, 0.25) is 11.8 Å². The summed E-state index contributed by atoms with van der Waals surface area (Å²) in [4.78, 5) is 27.3. The first-order valence-corrected chi connectivity index (χ1v) is 8.40. The summed E-state index contributed by atoms with van der Waals surface area (Å²) in [5, 5.41) is 2.93. The molecule has 0 atom stereocenters. The lowest BCUT2D eigenvalue weighted by Crippen LogP contribution is -2.49. The third-order valence-electron chi connectivity index (χ3n) is 5.03. The van der Waals surface area contributed by atoms with E-state index in [4.69, 9.17) is 0 Å². The van der Waals surface area contributed by atoms with Crippen molar-refractivity contribution in [2.75, 3.05) is 18.4 Å². The number of amides is 2. The van der Waals surface area contributed by atoms with Crippen LogP contribution in [0.15, 0.2) is 18.2 Å². The minimum absolute atomic E-state index is 0.0767. The molecule has 0 saturated carbocycles. The molecular weight excluding hydrogens is 288 g/mol. The average molecular weight is 316 g/mol. The van der Waals surface area contributed by atoms with Crippen LogP contribution in [0.5, 0.6) is 0 Å². The van der Waals surface area contributed by atoms with Gasteiger partial charge in [-0.05, 0) is 63.6 Å². The number of nitrogens with zero attached hydrogens (tertiary/aromatic N) is 1. The first-order valence-electron chi connectivity index (χ1n) is 8.40. The Kier molecular flexibility index (Phi) is 5.12. The van der Waals surface area contributed by atoms with Crippen LogP contribution in [-0.2, 0) is 9.59 Å². The third-order valence-corrected chi connectivity index (χ3v) is 5.03. The summed E-state index contributed by atoms with van der Waals surface area (Å²) >= 11 is 0. The second-order valence-electron chi connectivity index (χ2n) is 7.30. The van der Waals surface area contributed by atoms with Crippen LogP contribution in [-0.4, -0.2) is 29.8 Å². The topological polar surface area (TPSA) is 49.4 Å². The molecule has 1 heterocycles. The van der Waals surface area contributed by atoms with Crippen LogP contribution in [0.2, 0.25) is 0 Å². The molecule has 4 heteroatoms. The summed E-state index contributed by atoms with van der Waals surface area (Å²) in [5.74, 6) is 0.341. The molecule has 126 valence electrons. The molecule has 4 nitrogen and oxygen atoms in total. The number of aryl methyl sites for hydroxylation is 1. The number of rotatable bonds is 3. The van der Waals surface area contributed by atoms with Gasteiger partial charge in [0.05, 0.1) is 0 Å². The predicted molar refractivity (Wildman–Crippen MR) is 93.3 cm³/mol. The first-order chi connectivity index (χ1) is 10.7. The Bertz CT molecular complexity index is 599. The van der Waals surface area contributed by atoms with Gasteiger partial charge in [-0.3, -0.25) is 9.59 Å². The number of carbonyl (C=O) groups excluding carboxylic acids is 2. The van der Waals surface area contributed by atoms with Crippen LogP contribution in [0, 0.1) is 25.2 Å². The first kappa shape index (κ1) is 17.5. The van der Waals surface area contributed by atoms with E-state index in [9.17, 15) is 9.59 Å². The maximum atomic E-state index is 12.8. The van der Waals surface area contributed by atoms with Gasteiger partial charge in [-0.2, -0.15) is 0 Å². The Morgan fingerprint density at radius 3 is 2.39 bits per heavy atom. The van der Waals surface area contributed by atoms with E-state index in [1.165, 1.54) is 0 Å². The zero-order chi connectivity index (χ0) is 17.2. The third kappa shape index (κ3) is 3.74. The van der Waals surface area contributed by atoms with Crippen molar-refractivity contribution >= 4 is 17.5 Å². The second-order valence-corrected chi connectivity index (χ2v) is 7.30. The summed E-state index contributed by atoms with van der Waals surface area (Å²) in [5.41, 5.74) is 1.88. The van der Waals surface area contributed by atoms with Crippen LogP contribution < -0.4 is 5.32 Å². The highest BCUT2D eigenvalue weighted by Gasteiger charge is 2.40. The summed E-state index contributed by atoms with van der Waals surface area (Å²) in [6.45, 7) is 11.1. The number of hydrogen-bond acceptors (Lipinski definition) is 2. The molecule has 1 N–H and O–H groups in total. The number of benzene rings is 1. The molecule has 1 aliphatic heterocycles. The second kappa shape index (κ2) is 6.73. The highest BCUT2D eigenvalue weighted by atomic mass is 16.2. The van der Waals surface area contributed by atoms with Crippen molar-refractivity contribution in [3.05, 3.63) is 29.3 Å². The summed E-state index contributed by atoms with van der Waals surface area (Å²) < 4.78 is 0. The normalized spacial score (nSPS) is 16.3. The maximum Gasteiger partial charge on any atom is 0.239 e. The van der Waals surface area contributed by atoms with Gasteiger partial charge in [-0.15, -0.1) is 0 Å². The van der Waals surface area contributed by atoms with Crippen LogP contribution >= 0.6 is 0 Å². The molecule has 0 spiro atoms. The molecule has 1 fully saturated rings. The van der Waals surface area contributed by atoms with Gasteiger partial charge in [0, 0.05) is 18.8 Å². The predicted octanol–water partition coefficient (Wildman–Crippen LogP) is 3.53. The monoisotopic (exact) mass is 316 g/mol. The Hall–Kier alpha value is -1.84. The minimum atomic E-state index is -1.06. The molecule has 1 aliphatic rings. The van der Waals surface area contributed by atoms with Crippen molar-refractivity contribution in [2.24, 2.45) is 11.3 Å². The number of nitrogens with one attached hydrogen (secondary N) is 1. The molecule has 1 aromatic carbocycles. The average Bonchev–Trinajstić information content (AvgIpc) is 2.51. The van der Waals surface area contributed by atoms with Gasteiger partial charge in [-0.25, -0.2) is 0 Å². The summed E-state index contributed by atoms with van der Waals surface area (Å²) in [6, 6.07) is 5.80. The molecule has 0 unspecified atom stereocenters. The number of carbonyl (C=O) groups is 2. The van der Waals surface area contributed by atoms with E-state index >= 15 is 0 Å². The summed E-state index contributed by atoms with van der Waals surface area (Å²) in [7, 11) is 0. The fourth-order valence-electron chi connectivity index (χ4n) is 2.87. The lowest BCUT2D eigenvalue weighted by Gasteiger charge is -2.35. The molecule has 23 heavy (non-hydrogen) atoms. The Labute approximate surface area is 139 Å². The largest absolute Gasteiger partial charge is 0.342 e. The van der Waals surface area contributed by atoms with Crippen molar-refractivity contribution in [3.8, 4) is 0 Å². The van der Waals surface area contributed by atoms with Gasteiger partial charge >= 0.3 is 0 Å². The van der Waals surface area contributed by atoms with E-state index in [0.717, 1.165) is 42.7 Å². The number of hydrogen-bond donors (Lipinski definition) is 1. The van der Waals surface area contributed by atoms with Gasteiger partial charge in [-0.1, -0.05) is 19.1 Å². The van der Waals surface area contributed by atoms with Crippen molar-refractivity contribution < 1.29 is 9.59 Å². The molecule has 1 saturated heterocycles. The zero-order valence-electron chi connectivity index (χ0n) is 14.9. The lowest BCUT2D eigenvalue weighted by molar-refractivity contribution is -0.147. The molecular formula is C19H28N2O2. The van der Waals surface area contributed by atoms with E-state index in [2.05, 4.69) is 12.2 Å². The summed E-state index contributed by atoms with van der Waals surface area (Å²) in [6.07, 6.45) is 2.03. The highest BCUT2D eigenvalue weighted by molar-refractivity contribution is 6.10. The molecule has 0 aromatic heterocycles. The van der Waals surface area contributed by atoms with Crippen LogP contribution in [0.25, 0.3) is 0 Å². The van der Waals surface area contributed by atoms with E-state index in [-0.39, 0.29) is 11.8 Å². The zero-order valence-corrected chi connectivity index (χ0v) is 14.9. The molecule has 1 aromatic rings. The SMILES string of the molecule is Cc1cccc(NC(=O)C(C)(C)C(=O)N2CCC(C)CC2)c1C. The van der Waals surface area contributed by atoms with E-state index in [1.54, 1.807) is 13.8 Å². The number of piperidine rings is 1. The molecule has 2 rings (SSSR count). The molecule has 0 aliphatic carbocycles. The molecule has 2 amide bonds. The van der Waals surface area contributed by atoms with E-state index < -0.39 is 5.41 Å². The molecule has 0 bridgehead atoms. The van der Waals surface area contributed by atoms with Crippen molar-refractivity contribution in [1.29, 1.82) is 0 Å². The van der Waals surface area contributed by atoms with Crippen LogP contribution in [0.4, 0.5) is 5.69 Å². The Balaban J connectivity index is 2.10. The van der Waals surface area contributed by atoms with Gasteiger partial charge < -0.3 is 10.2 Å². The minimum Gasteiger partial charge on any atom is -0.342 e. The van der Waals surface area contributed by atoms with Crippen molar-refractivity contribution in [1.82, 2.24) is 4.90 Å². The lowest BCUT2D eigenvalue weighted by atomic mass is 9.88. The quantitative estimate of drug-likeness (QED) is 0.867. The fraction of sp³-hybridized carbons (Fsp3) is 0.579. The maximum absolute atomic E-state index is 12.8. The van der Waals surface area contributed by atoms with Crippen molar-refractivity contribution in [2.45, 2.75) is 47.5 Å². The van der Waals surface area contributed by atoms with Crippen LogP contribution in [0.3, 0.4) is 0 Å². The van der Waals surface area contributed by atoms with Crippen LogP contribution in [0.1, 0.15) is 44.7 Å². The highest BCUT2D eigenvalue weighted by Crippen LogP contribution is 2.27. The standard InChI is InChI=1S/C19H28N2O2/c1-13-9-11-21(12-10-13)18(23)19(4,5)17(22)20-16-8-6-7-14(2)15(16)3/h6-8,13H,9-12H2,1-5H3,(H,20,22). The van der Waals surface area contributed by atoms with E-state index in [1.807, 2.05) is 36.9 Å². The van der Waals surface area contributed by atoms with Gasteiger partial charge in [0.15, 0.2) is 0 Å². The van der Waals surface area contributed by atoms with E-state index in [0.29, 0.717) is 5.92 Å². The molecule has 0 radical (unpaired) electrons. The number of anilines is 1. The Morgan fingerprint density at radius 2 is 1.78 bits per heavy atom.